The number of ether oxygens (including phenoxy) is 1. The number of halogens is 4. The molecule has 0 aromatic rings. The number of alkyl halides is 4. The predicted molar refractivity (Wildman–Crippen MR) is 52.3 cm³/mol. The molecule has 0 N–H and O–H groups in total. The Morgan fingerprint density at radius 2 is 2.19 bits per heavy atom. The van der Waals surface area contributed by atoms with E-state index >= 15 is 0 Å². The number of hydrogen-bond donors (Lipinski definition) is 0. The summed E-state index contributed by atoms with van der Waals surface area (Å²) in [6.45, 7) is -0.466. The Labute approximate surface area is 96.5 Å². The van der Waals surface area contributed by atoms with Crippen LogP contribution in [0.2, 0.25) is 0 Å². The lowest BCUT2D eigenvalue weighted by Crippen LogP contribution is -2.30. The van der Waals surface area contributed by atoms with Gasteiger partial charge in [-0.05, 0) is 6.42 Å². The molecule has 16 heavy (non-hydrogen) atoms. The van der Waals surface area contributed by atoms with E-state index in [0.717, 1.165) is 6.42 Å². The summed E-state index contributed by atoms with van der Waals surface area (Å²) in [6, 6.07) is 0. The fourth-order valence-electron chi connectivity index (χ4n) is 1.45. The summed E-state index contributed by atoms with van der Waals surface area (Å²) in [5.41, 5.74) is 0. The molecular weight excluding hydrogens is 247 g/mol. The van der Waals surface area contributed by atoms with Crippen LogP contribution in [0.4, 0.5) is 13.2 Å². The smallest absolute Gasteiger partial charge is 0.372 e. The van der Waals surface area contributed by atoms with Crippen LogP contribution in [0.1, 0.15) is 12.8 Å². The molecule has 7 heteroatoms. The van der Waals surface area contributed by atoms with Gasteiger partial charge in [-0.3, -0.25) is 4.79 Å². The molecule has 0 aromatic carbocycles. The average Bonchev–Trinajstić information content (AvgIpc) is 2.57. The van der Waals surface area contributed by atoms with Crippen LogP contribution >= 0.6 is 11.6 Å². The van der Waals surface area contributed by atoms with Gasteiger partial charge in [0.15, 0.2) is 0 Å². The first-order valence-electron chi connectivity index (χ1n) is 4.95. The van der Waals surface area contributed by atoms with Gasteiger partial charge in [-0.1, -0.05) is 0 Å². The highest BCUT2D eigenvalue weighted by molar-refractivity contribution is 6.21. The molecule has 1 aliphatic heterocycles. The van der Waals surface area contributed by atoms with E-state index < -0.39 is 12.8 Å². The third-order valence-corrected chi connectivity index (χ3v) is 2.57. The zero-order chi connectivity index (χ0) is 12.2. The van der Waals surface area contributed by atoms with Gasteiger partial charge in [-0.25, -0.2) is 0 Å². The van der Waals surface area contributed by atoms with Gasteiger partial charge in [0.05, 0.1) is 18.4 Å². The second kappa shape index (κ2) is 5.72. The molecule has 3 nitrogen and oxygen atoms in total. The van der Waals surface area contributed by atoms with Crippen LogP contribution in [0.5, 0.6) is 0 Å². The zero-order valence-corrected chi connectivity index (χ0v) is 9.35. The summed E-state index contributed by atoms with van der Waals surface area (Å²) in [5, 5.41) is -0.0416. The van der Waals surface area contributed by atoms with Gasteiger partial charge in [0.1, 0.15) is 6.61 Å². The molecule has 0 aliphatic carbocycles. The van der Waals surface area contributed by atoms with Crippen molar-refractivity contribution in [2.24, 2.45) is 0 Å². The minimum atomic E-state index is -4.34. The second-order valence-corrected chi connectivity index (χ2v) is 4.26. The van der Waals surface area contributed by atoms with Gasteiger partial charge in [0, 0.05) is 13.1 Å². The lowest BCUT2D eigenvalue weighted by molar-refractivity contribution is -0.175. The molecule has 0 radical (unpaired) electrons. The molecule has 1 unspecified atom stereocenters. The standard InChI is InChI=1S/C9H13ClF3NO2/c10-7-1-3-14(5-7)8(15)2-4-16-6-9(11,12)13/h7H,1-6H2. The van der Waals surface area contributed by atoms with Crippen molar-refractivity contribution in [1.82, 2.24) is 4.90 Å². The Morgan fingerprint density at radius 3 is 2.69 bits per heavy atom. The molecule has 94 valence electrons. The van der Waals surface area contributed by atoms with Crippen molar-refractivity contribution >= 4 is 17.5 Å². The van der Waals surface area contributed by atoms with Gasteiger partial charge < -0.3 is 9.64 Å². The topological polar surface area (TPSA) is 29.5 Å². The maximum absolute atomic E-state index is 11.7. The Bertz CT molecular complexity index is 247. The summed E-state index contributed by atoms with van der Waals surface area (Å²) in [7, 11) is 0. The van der Waals surface area contributed by atoms with Crippen LogP contribution < -0.4 is 0 Å². The molecule has 1 fully saturated rings. The number of rotatable bonds is 4. The van der Waals surface area contributed by atoms with Crippen LogP contribution in [0.3, 0.4) is 0 Å². The van der Waals surface area contributed by atoms with Crippen LogP contribution in [0, 0.1) is 0 Å². The summed E-state index contributed by atoms with van der Waals surface area (Å²) >= 11 is 5.80. The maximum atomic E-state index is 11.7. The highest BCUT2D eigenvalue weighted by Gasteiger charge is 2.28. The molecule has 0 aromatic heterocycles. The van der Waals surface area contributed by atoms with Crippen LogP contribution in [-0.4, -0.2) is 48.7 Å². The average molecular weight is 260 g/mol. The van der Waals surface area contributed by atoms with E-state index in [-0.39, 0.29) is 24.3 Å². The summed E-state index contributed by atoms with van der Waals surface area (Å²) in [6.07, 6.45) is -3.63. The number of likely N-dealkylation sites (tertiary alicyclic amines) is 1. The minimum Gasteiger partial charge on any atom is -0.372 e. The van der Waals surface area contributed by atoms with E-state index in [9.17, 15) is 18.0 Å². The van der Waals surface area contributed by atoms with E-state index in [4.69, 9.17) is 11.6 Å². The first kappa shape index (κ1) is 13.6. The molecule has 1 heterocycles. The number of carbonyl (C=O) groups is 1. The van der Waals surface area contributed by atoms with E-state index in [1.165, 1.54) is 0 Å². The van der Waals surface area contributed by atoms with E-state index in [1.54, 1.807) is 4.90 Å². The number of amides is 1. The number of carbonyl (C=O) groups excluding carboxylic acids is 1. The molecule has 1 aliphatic rings. The lowest BCUT2D eigenvalue weighted by Gasteiger charge is -2.15. The van der Waals surface area contributed by atoms with Gasteiger partial charge in [0.2, 0.25) is 5.91 Å². The van der Waals surface area contributed by atoms with Crippen molar-refractivity contribution in [2.75, 3.05) is 26.3 Å². The largest absolute Gasteiger partial charge is 0.411 e. The first-order chi connectivity index (χ1) is 7.38. The third-order valence-electron chi connectivity index (χ3n) is 2.21. The molecular formula is C9H13ClF3NO2. The van der Waals surface area contributed by atoms with Crippen LogP contribution in [0.25, 0.3) is 0 Å². The predicted octanol–water partition coefficient (Wildman–Crippen LogP) is 1.80. The molecule has 0 bridgehead atoms. The van der Waals surface area contributed by atoms with Gasteiger partial charge in [0.25, 0.3) is 0 Å². The van der Waals surface area contributed by atoms with Crippen molar-refractivity contribution < 1.29 is 22.7 Å². The summed E-state index contributed by atoms with van der Waals surface area (Å²) < 4.78 is 39.4. The van der Waals surface area contributed by atoms with E-state index in [1.807, 2.05) is 0 Å². The van der Waals surface area contributed by atoms with Crippen molar-refractivity contribution in [3.05, 3.63) is 0 Å². The molecule has 1 rings (SSSR count). The minimum absolute atomic E-state index is 0.0281. The van der Waals surface area contributed by atoms with E-state index in [0.29, 0.717) is 13.1 Å². The number of hydrogen-bond acceptors (Lipinski definition) is 2. The second-order valence-electron chi connectivity index (χ2n) is 3.64. The van der Waals surface area contributed by atoms with Gasteiger partial charge in [-0.15, -0.1) is 11.6 Å². The molecule has 1 atom stereocenters. The monoisotopic (exact) mass is 259 g/mol. The normalized spacial score (nSPS) is 21.5. The summed E-state index contributed by atoms with van der Waals surface area (Å²) in [5.74, 6) is -0.203. The van der Waals surface area contributed by atoms with Crippen LogP contribution in [-0.2, 0) is 9.53 Å². The zero-order valence-electron chi connectivity index (χ0n) is 8.60. The Kier molecular flexibility index (Phi) is 4.86. The van der Waals surface area contributed by atoms with Crippen molar-refractivity contribution in [1.29, 1.82) is 0 Å². The lowest BCUT2D eigenvalue weighted by atomic mass is 10.4. The maximum Gasteiger partial charge on any atom is 0.411 e. The van der Waals surface area contributed by atoms with Crippen molar-refractivity contribution in [3.8, 4) is 0 Å². The Hall–Kier alpha value is -0.490. The quantitative estimate of drug-likeness (QED) is 0.569. The van der Waals surface area contributed by atoms with Crippen LogP contribution in [0.15, 0.2) is 0 Å². The van der Waals surface area contributed by atoms with Crippen molar-refractivity contribution in [3.63, 3.8) is 0 Å². The number of nitrogens with zero attached hydrogens (tertiary/aromatic N) is 1. The van der Waals surface area contributed by atoms with E-state index in [2.05, 4.69) is 4.74 Å². The molecule has 1 amide bonds. The Morgan fingerprint density at radius 1 is 1.50 bits per heavy atom. The summed E-state index contributed by atoms with van der Waals surface area (Å²) in [4.78, 5) is 13.0. The highest BCUT2D eigenvalue weighted by atomic mass is 35.5. The van der Waals surface area contributed by atoms with Gasteiger partial charge in [-0.2, -0.15) is 13.2 Å². The fourth-order valence-corrected chi connectivity index (χ4v) is 1.71. The fraction of sp³-hybridized carbons (Fsp3) is 0.889. The first-order valence-corrected chi connectivity index (χ1v) is 5.38. The van der Waals surface area contributed by atoms with Gasteiger partial charge >= 0.3 is 6.18 Å². The molecule has 0 spiro atoms. The molecule has 1 saturated heterocycles. The highest BCUT2D eigenvalue weighted by Crippen LogP contribution is 2.16. The molecule has 0 saturated carbocycles. The third kappa shape index (κ3) is 5.03. The SMILES string of the molecule is O=C(CCOCC(F)(F)F)N1CCC(Cl)C1. The Balaban J connectivity index is 2.11. The van der Waals surface area contributed by atoms with Crippen molar-refractivity contribution in [2.45, 2.75) is 24.4 Å².